The van der Waals surface area contributed by atoms with Gasteiger partial charge in [-0.2, -0.15) is 4.68 Å². The van der Waals surface area contributed by atoms with E-state index >= 15 is 0 Å². The highest BCUT2D eigenvalue weighted by Crippen LogP contribution is 2.17. The molecule has 5 rings (SSSR count). The molecule has 168 valence electrons. The lowest BCUT2D eigenvalue weighted by Crippen LogP contribution is -2.49. The summed E-state index contributed by atoms with van der Waals surface area (Å²) in [5.41, 5.74) is 1.51. The third-order valence-electron chi connectivity index (χ3n) is 5.89. The smallest absolute Gasteiger partial charge is 0.261 e. The second-order valence-corrected chi connectivity index (χ2v) is 7.96. The lowest BCUT2D eigenvalue weighted by molar-refractivity contribution is -0.131. The predicted octanol–water partition coefficient (Wildman–Crippen LogP) is 1.50. The molecule has 33 heavy (non-hydrogen) atoms. The van der Waals surface area contributed by atoms with Crippen molar-refractivity contribution in [2.75, 3.05) is 31.1 Å². The average molecular weight is 444 g/mol. The van der Waals surface area contributed by atoms with Crippen molar-refractivity contribution in [2.24, 2.45) is 0 Å². The van der Waals surface area contributed by atoms with Gasteiger partial charge in [0.25, 0.3) is 5.56 Å². The first-order valence-electron chi connectivity index (χ1n) is 11.0. The average Bonchev–Trinajstić information content (AvgIpc) is 3.36. The molecule has 0 radical (unpaired) electrons. The van der Waals surface area contributed by atoms with E-state index in [0.29, 0.717) is 62.4 Å². The molecule has 2 aromatic heterocycles. The highest BCUT2D eigenvalue weighted by molar-refractivity contribution is 5.77. The van der Waals surface area contributed by atoms with Crippen molar-refractivity contribution in [3.05, 3.63) is 71.3 Å². The van der Waals surface area contributed by atoms with Crippen molar-refractivity contribution in [3.8, 4) is 5.69 Å². The summed E-state index contributed by atoms with van der Waals surface area (Å²) >= 11 is 0. The maximum atomic E-state index is 12.7. The van der Waals surface area contributed by atoms with Gasteiger partial charge in [-0.05, 0) is 41.1 Å². The number of tetrazole rings is 1. The molecule has 0 atom stereocenters. The van der Waals surface area contributed by atoms with Crippen LogP contribution in [0.1, 0.15) is 12.8 Å². The zero-order chi connectivity index (χ0) is 22.6. The van der Waals surface area contributed by atoms with E-state index in [1.54, 1.807) is 21.6 Å². The second kappa shape index (κ2) is 9.19. The van der Waals surface area contributed by atoms with Crippen LogP contribution in [-0.4, -0.2) is 66.7 Å². The number of hydrogen-bond acceptors (Lipinski definition) is 7. The Morgan fingerprint density at radius 3 is 2.52 bits per heavy atom. The van der Waals surface area contributed by atoms with E-state index < -0.39 is 0 Å². The third-order valence-corrected chi connectivity index (χ3v) is 5.89. The Labute approximate surface area is 190 Å². The quantitative estimate of drug-likeness (QED) is 0.444. The Morgan fingerprint density at radius 2 is 1.70 bits per heavy atom. The number of anilines is 1. The molecule has 10 nitrogen and oxygen atoms in total. The van der Waals surface area contributed by atoms with Crippen LogP contribution in [0.3, 0.4) is 0 Å². The second-order valence-electron chi connectivity index (χ2n) is 7.96. The standard InChI is InChI=1S/C23H24N8O2/c32-21(11-6-12-30-17-24-20-10-5-4-9-19(20)22(30)33)28-13-15-29(16-14-28)23-25-26-27-31(23)18-7-2-1-3-8-18/h1-5,7-10,17H,6,11-16H2. The van der Waals surface area contributed by atoms with Crippen LogP contribution in [0.15, 0.2) is 65.7 Å². The molecule has 3 heterocycles. The molecule has 0 spiro atoms. The van der Waals surface area contributed by atoms with Crippen LogP contribution < -0.4 is 10.5 Å². The molecule has 1 fully saturated rings. The normalized spacial score (nSPS) is 14.1. The fraction of sp³-hybridized carbons (Fsp3) is 0.304. The molecule has 1 amide bonds. The van der Waals surface area contributed by atoms with Crippen molar-refractivity contribution < 1.29 is 4.79 Å². The van der Waals surface area contributed by atoms with Crippen LogP contribution in [-0.2, 0) is 11.3 Å². The van der Waals surface area contributed by atoms with Gasteiger partial charge in [-0.25, -0.2) is 4.98 Å². The number of carbonyl (C=O) groups is 1. The first-order valence-corrected chi connectivity index (χ1v) is 11.0. The zero-order valence-corrected chi connectivity index (χ0v) is 18.1. The zero-order valence-electron chi connectivity index (χ0n) is 18.1. The molecule has 0 N–H and O–H groups in total. The molecule has 2 aromatic carbocycles. The van der Waals surface area contributed by atoms with Gasteiger partial charge < -0.3 is 9.80 Å². The summed E-state index contributed by atoms with van der Waals surface area (Å²) in [6, 6.07) is 17.0. The van der Waals surface area contributed by atoms with Gasteiger partial charge in [0.05, 0.1) is 22.9 Å². The van der Waals surface area contributed by atoms with Gasteiger partial charge in [0, 0.05) is 39.1 Å². The number of rotatable bonds is 6. The predicted molar refractivity (Wildman–Crippen MR) is 123 cm³/mol. The van der Waals surface area contributed by atoms with Crippen LogP contribution >= 0.6 is 0 Å². The minimum Gasteiger partial charge on any atom is -0.339 e. The summed E-state index contributed by atoms with van der Waals surface area (Å²) in [6.07, 6.45) is 2.54. The lowest BCUT2D eigenvalue weighted by Gasteiger charge is -2.34. The van der Waals surface area contributed by atoms with E-state index in [0.717, 1.165) is 5.69 Å². The molecule has 0 bridgehead atoms. The van der Waals surface area contributed by atoms with E-state index in [1.165, 1.54) is 0 Å². The molecule has 0 aliphatic carbocycles. The van der Waals surface area contributed by atoms with Gasteiger partial charge >= 0.3 is 0 Å². The molecule has 0 saturated carbocycles. The van der Waals surface area contributed by atoms with Crippen molar-refractivity contribution in [2.45, 2.75) is 19.4 Å². The summed E-state index contributed by atoms with van der Waals surface area (Å²) in [5.74, 6) is 0.774. The number of aryl methyl sites for hydroxylation is 1. The number of hydrogen-bond donors (Lipinski definition) is 0. The number of fused-ring (bicyclic) bond motifs is 1. The Kier molecular flexibility index (Phi) is 5.79. The SMILES string of the molecule is O=C(CCCn1cnc2ccccc2c1=O)N1CCN(c2nnnn2-c2ccccc2)CC1. The van der Waals surface area contributed by atoms with Crippen molar-refractivity contribution in [1.82, 2.24) is 34.7 Å². The maximum absolute atomic E-state index is 12.7. The number of benzene rings is 2. The van der Waals surface area contributed by atoms with E-state index in [-0.39, 0.29) is 11.5 Å². The summed E-state index contributed by atoms with van der Waals surface area (Å²) < 4.78 is 3.30. The van der Waals surface area contributed by atoms with E-state index in [4.69, 9.17) is 0 Å². The van der Waals surface area contributed by atoms with Gasteiger partial charge in [0.2, 0.25) is 11.9 Å². The minimum atomic E-state index is -0.0715. The van der Waals surface area contributed by atoms with Gasteiger partial charge in [-0.15, -0.1) is 0 Å². The van der Waals surface area contributed by atoms with E-state index in [1.807, 2.05) is 53.4 Å². The van der Waals surface area contributed by atoms with E-state index in [2.05, 4.69) is 25.4 Å². The Bertz CT molecular complexity index is 1310. The van der Waals surface area contributed by atoms with E-state index in [9.17, 15) is 9.59 Å². The summed E-state index contributed by atoms with van der Waals surface area (Å²) in [4.78, 5) is 33.6. The molecular formula is C23H24N8O2. The fourth-order valence-corrected chi connectivity index (χ4v) is 4.10. The lowest BCUT2D eigenvalue weighted by atomic mass is 10.2. The molecule has 4 aromatic rings. The first-order chi connectivity index (χ1) is 16.2. The van der Waals surface area contributed by atoms with Crippen molar-refractivity contribution in [1.29, 1.82) is 0 Å². The Morgan fingerprint density at radius 1 is 0.939 bits per heavy atom. The molecule has 1 aliphatic rings. The number of para-hydroxylation sites is 2. The van der Waals surface area contributed by atoms with Crippen LogP contribution in [0, 0.1) is 0 Å². The molecule has 10 heteroatoms. The number of nitrogens with zero attached hydrogens (tertiary/aromatic N) is 8. The van der Waals surface area contributed by atoms with Gasteiger partial charge in [0.15, 0.2) is 0 Å². The summed E-state index contributed by atoms with van der Waals surface area (Å²) in [7, 11) is 0. The van der Waals surface area contributed by atoms with Crippen molar-refractivity contribution >= 4 is 22.8 Å². The molecule has 1 aliphatic heterocycles. The number of aromatic nitrogens is 6. The van der Waals surface area contributed by atoms with Crippen LogP contribution in [0.5, 0.6) is 0 Å². The van der Waals surface area contributed by atoms with Crippen LogP contribution in [0.25, 0.3) is 16.6 Å². The third kappa shape index (κ3) is 4.32. The minimum absolute atomic E-state index is 0.0715. The number of carbonyl (C=O) groups excluding carboxylic acids is 1. The highest BCUT2D eigenvalue weighted by Gasteiger charge is 2.24. The molecule has 0 unspecified atom stereocenters. The van der Waals surface area contributed by atoms with Crippen molar-refractivity contribution in [3.63, 3.8) is 0 Å². The number of piperazine rings is 1. The Balaban J connectivity index is 1.15. The fourth-order valence-electron chi connectivity index (χ4n) is 4.10. The number of amides is 1. The maximum Gasteiger partial charge on any atom is 0.261 e. The van der Waals surface area contributed by atoms with Gasteiger partial charge in [0.1, 0.15) is 0 Å². The topological polar surface area (TPSA) is 102 Å². The Hall–Kier alpha value is -4.08. The highest BCUT2D eigenvalue weighted by atomic mass is 16.2. The van der Waals surface area contributed by atoms with Crippen LogP contribution in [0.4, 0.5) is 5.95 Å². The van der Waals surface area contributed by atoms with Gasteiger partial charge in [-0.3, -0.25) is 14.2 Å². The summed E-state index contributed by atoms with van der Waals surface area (Å²) in [5, 5.41) is 12.7. The first kappa shape index (κ1) is 20.8. The summed E-state index contributed by atoms with van der Waals surface area (Å²) in [6.45, 7) is 3.00. The molecular weight excluding hydrogens is 420 g/mol. The van der Waals surface area contributed by atoms with Crippen LogP contribution in [0.2, 0.25) is 0 Å². The molecule has 1 saturated heterocycles. The largest absolute Gasteiger partial charge is 0.339 e. The van der Waals surface area contributed by atoms with Gasteiger partial charge in [-0.1, -0.05) is 35.4 Å². The monoisotopic (exact) mass is 444 g/mol.